The van der Waals surface area contributed by atoms with Gasteiger partial charge in [-0.05, 0) is 24.8 Å². The molecule has 0 aliphatic heterocycles. The van der Waals surface area contributed by atoms with E-state index in [-0.39, 0.29) is 18.9 Å². The third-order valence-corrected chi connectivity index (χ3v) is 2.96. The Bertz CT molecular complexity index is 468. The number of carbonyl (C=O) groups is 2. The first-order valence-corrected chi connectivity index (χ1v) is 6.34. The van der Waals surface area contributed by atoms with Gasteiger partial charge >= 0.3 is 5.97 Å². The molecule has 19 heavy (non-hydrogen) atoms. The second-order valence-corrected chi connectivity index (χ2v) is 4.71. The van der Waals surface area contributed by atoms with E-state index in [2.05, 4.69) is 5.32 Å². The summed E-state index contributed by atoms with van der Waals surface area (Å²) in [4.78, 5) is 22.2. The van der Waals surface area contributed by atoms with E-state index in [4.69, 9.17) is 9.84 Å². The molecule has 1 aliphatic rings. The van der Waals surface area contributed by atoms with Crippen molar-refractivity contribution in [2.24, 2.45) is 5.92 Å². The molecule has 2 rings (SSSR count). The minimum atomic E-state index is -0.922. The molecular formula is C14H17NO4. The van der Waals surface area contributed by atoms with Crippen molar-refractivity contribution in [3.8, 4) is 5.75 Å². The SMILES string of the molecule is O=C(O)Cc1ccccc1OCC(=O)NCC1CC1. The van der Waals surface area contributed by atoms with Crippen molar-refractivity contribution < 1.29 is 19.4 Å². The molecule has 0 saturated heterocycles. The van der Waals surface area contributed by atoms with Gasteiger partial charge in [-0.15, -0.1) is 0 Å². The minimum absolute atomic E-state index is 0.0800. The molecule has 5 heteroatoms. The number of nitrogens with one attached hydrogen (secondary N) is 1. The van der Waals surface area contributed by atoms with E-state index >= 15 is 0 Å². The van der Waals surface area contributed by atoms with E-state index in [1.807, 2.05) is 0 Å². The largest absolute Gasteiger partial charge is 0.483 e. The number of carboxylic acids is 1. The molecule has 0 heterocycles. The van der Waals surface area contributed by atoms with Crippen LogP contribution in [-0.4, -0.2) is 30.1 Å². The lowest BCUT2D eigenvalue weighted by Gasteiger charge is -2.10. The van der Waals surface area contributed by atoms with E-state index < -0.39 is 5.97 Å². The Morgan fingerprint density at radius 2 is 2.05 bits per heavy atom. The van der Waals surface area contributed by atoms with Crippen LogP contribution in [-0.2, 0) is 16.0 Å². The smallest absolute Gasteiger partial charge is 0.307 e. The molecule has 0 atom stereocenters. The van der Waals surface area contributed by atoms with Crippen LogP contribution in [0.1, 0.15) is 18.4 Å². The van der Waals surface area contributed by atoms with Gasteiger partial charge in [-0.3, -0.25) is 9.59 Å². The summed E-state index contributed by atoms with van der Waals surface area (Å²) in [7, 11) is 0. The number of ether oxygens (including phenoxy) is 1. The number of carboxylic acid groups (broad SMARTS) is 1. The van der Waals surface area contributed by atoms with Crippen molar-refractivity contribution in [2.75, 3.05) is 13.2 Å². The van der Waals surface area contributed by atoms with Gasteiger partial charge in [0.05, 0.1) is 6.42 Å². The van der Waals surface area contributed by atoms with Crippen LogP contribution in [0.5, 0.6) is 5.75 Å². The van der Waals surface area contributed by atoms with Gasteiger partial charge < -0.3 is 15.2 Å². The molecule has 0 bridgehead atoms. The number of hydrogen-bond acceptors (Lipinski definition) is 3. The Morgan fingerprint density at radius 3 is 2.74 bits per heavy atom. The highest BCUT2D eigenvalue weighted by Gasteiger charge is 2.21. The number of carbonyl (C=O) groups excluding carboxylic acids is 1. The summed E-state index contributed by atoms with van der Waals surface area (Å²) in [5, 5.41) is 11.6. The fourth-order valence-electron chi connectivity index (χ4n) is 1.73. The van der Waals surface area contributed by atoms with E-state index in [0.29, 0.717) is 23.8 Å². The first-order chi connectivity index (χ1) is 9.15. The van der Waals surface area contributed by atoms with Crippen molar-refractivity contribution >= 4 is 11.9 Å². The lowest BCUT2D eigenvalue weighted by atomic mass is 10.1. The number of amides is 1. The van der Waals surface area contributed by atoms with Crippen LogP contribution in [0.4, 0.5) is 0 Å². The minimum Gasteiger partial charge on any atom is -0.483 e. The van der Waals surface area contributed by atoms with Gasteiger partial charge in [-0.2, -0.15) is 0 Å². The van der Waals surface area contributed by atoms with Gasteiger partial charge in [0.25, 0.3) is 5.91 Å². The second kappa shape index (κ2) is 6.22. The Labute approximate surface area is 111 Å². The van der Waals surface area contributed by atoms with Crippen molar-refractivity contribution in [3.05, 3.63) is 29.8 Å². The molecule has 0 unspecified atom stereocenters. The average molecular weight is 263 g/mol. The summed E-state index contributed by atoms with van der Waals surface area (Å²) in [6.45, 7) is 0.627. The monoisotopic (exact) mass is 263 g/mol. The van der Waals surface area contributed by atoms with Crippen LogP contribution < -0.4 is 10.1 Å². The molecule has 0 spiro atoms. The number of rotatable bonds is 7. The fraction of sp³-hybridized carbons (Fsp3) is 0.429. The van der Waals surface area contributed by atoms with E-state index in [9.17, 15) is 9.59 Å². The summed E-state index contributed by atoms with van der Waals surface area (Å²) in [5.41, 5.74) is 0.574. The summed E-state index contributed by atoms with van der Waals surface area (Å²) >= 11 is 0. The van der Waals surface area contributed by atoms with Crippen LogP contribution in [0.3, 0.4) is 0 Å². The zero-order valence-electron chi connectivity index (χ0n) is 10.6. The quantitative estimate of drug-likeness (QED) is 0.775. The molecule has 1 fully saturated rings. The van der Waals surface area contributed by atoms with Crippen LogP contribution in [0.15, 0.2) is 24.3 Å². The van der Waals surface area contributed by atoms with Gasteiger partial charge in [0.1, 0.15) is 5.75 Å². The standard InChI is InChI=1S/C14H17NO4/c16-13(15-8-10-5-6-10)9-19-12-4-2-1-3-11(12)7-14(17)18/h1-4,10H,5-9H2,(H,15,16)(H,17,18). The summed E-state index contributed by atoms with van der Waals surface area (Å²) in [6.07, 6.45) is 2.25. The first-order valence-electron chi connectivity index (χ1n) is 6.34. The lowest BCUT2D eigenvalue weighted by Crippen LogP contribution is -2.30. The zero-order chi connectivity index (χ0) is 13.7. The maximum absolute atomic E-state index is 11.5. The van der Waals surface area contributed by atoms with E-state index in [1.54, 1.807) is 24.3 Å². The first kappa shape index (κ1) is 13.4. The predicted molar refractivity (Wildman–Crippen MR) is 69.0 cm³/mol. The van der Waals surface area contributed by atoms with Crippen molar-refractivity contribution in [3.63, 3.8) is 0 Å². The third kappa shape index (κ3) is 4.62. The normalized spacial score (nSPS) is 13.9. The molecule has 0 aromatic heterocycles. The Hall–Kier alpha value is -2.04. The number of hydrogen-bond donors (Lipinski definition) is 2. The van der Waals surface area contributed by atoms with Crippen LogP contribution in [0, 0.1) is 5.92 Å². The topological polar surface area (TPSA) is 75.6 Å². The number of para-hydroxylation sites is 1. The number of aliphatic carboxylic acids is 1. The van der Waals surface area contributed by atoms with Gasteiger partial charge in [-0.1, -0.05) is 18.2 Å². The Morgan fingerprint density at radius 1 is 1.32 bits per heavy atom. The maximum atomic E-state index is 11.5. The van der Waals surface area contributed by atoms with Crippen LogP contribution in [0.25, 0.3) is 0 Å². The highest BCUT2D eigenvalue weighted by molar-refractivity contribution is 5.77. The van der Waals surface area contributed by atoms with Gasteiger partial charge in [-0.25, -0.2) is 0 Å². The summed E-state index contributed by atoms with van der Waals surface area (Å²) in [5.74, 6) is -0.0130. The number of benzene rings is 1. The van der Waals surface area contributed by atoms with Crippen molar-refractivity contribution in [1.82, 2.24) is 5.32 Å². The molecule has 1 saturated carbocycles. The molecule has 1 aromatic carbocycles. The van der Waals surface area contributed by atoms with Crippen molar-refractivity contribution in [2.45, 2.75) is 19.3 Å². The molecule has 2 N–H and O–H groups in total. The van der Waals surface area contributed by atoms with Gasteiger partial charge in [0, 0.05) is 12.1 Å². The molecule has 5 nitrogen and oxygen atoms in total. The highest BCUT2D eigenvalue weighted by atomic mass is 16.5. The Kier molecular flexibility index (Phi) is 4.39. The molecule has 1 aromatic rings. The maximum Gasteiger partial charge on any atom is 0.307 e. The van der Waals surface area contributed by atoms with Crippen LogP contribution >= 0.6 is 0 Å². The average Bonchev–Trinajstić information content (AvgIpc) is 3.18. The summed E-state index contributed by atoms with van der Waals surface area (Å²) < 4.78 is 5.38. The molecule has 102 valence electrons. The molecule has 1 aliphatic carbocycles. The van der Waals surface area contributed by atoms with Gasteiger partial charge in [0.2, 0.25) is 0 Å². The second-order valence-electron chi connectivity index (χ2n) is 4.71. The highest BCUT2D eigenvalue weighted by Crippen LogP contribution is 2.27. The predicted octanol–water partition coefficient (Wildman–Crippen LogP) is 1.22. The van der Waals surface area contributed by atoms with Gasteiger partial charge in [0.15, 0.2) is 6.61 Å². The fourth-order valence-corrected chi connectivity index (χ4v) is 1.73. The zero-order valence-corrected chi connectivity index (χ0v) is 10.6. The molecule has 1 amide bonds. The lowest BCUT2D eigenvalue weighted by molar-refractivity contribution is -0.136. The van der Waals surface area contributed by atoms with E-state index in [1.165, 1.54) is 12.8 Å². The molecular weight excluding hydrogens is 246 g/mol. The van der Waals surface area contributed by atoms with Crippen LogP contribution in [0.2, 0.25) is 0 Å². The third-order valence-electron chi connectivity index (χ3n) is 2.96. The Balaban J connectivity index is 1.83. The van der Waals surface area contributed by atoms with E-state index in [0.717, 1.165) is 0 Å². The molecule has 0 radical (unpaired) electrons. The summed E-state index contributed by atoms with van der Waals surface area (Å²) in [6, 6.07) is 6.86. The van der Waals surface area contributed by atoms with Crippen molar-refractivity contribution in [1.29, 1.82) is 0 Å².